The van der Waals surface area contributed by atoms with Crippen LogP contribution in [-0.4, -0.2) is 6.04 Å². The molecule has 0 aliphatic carbocycles. The molecular weight excluding hydrogens is 267 g/mol. The molecule has 0 saturated heterocycles. The van der Waals surface area contributed by atoms with E-state index >= 15 is 0 Å². The number of hydrogen-bond donors (Lipinski definition) is 2. The van der Waals surface area contributed by atoms with E-state index in [2.05, 4.69) is 19.3 Å². The highest BCUT2D eigenvalue weighted by Crippen LogP contribution is 2.23. The largest absolute Gasteiger partial charge is 0.271 e. The number of hydrazine groups is 1. The molecule has 18 heavy (non-hydrogen) atoms. The van der Waals surface area contributed by atoms with Crippen molar-refractivity contribution >= 4 is 23.2 Å². The van der Waals surface area contributed by atoms with E-state index in [0.717, 1.165) is 24.3 Å². The van der Waals surface area contributed by atoms with Crippen LogP contribution in [-0.2, 0) is 6.42 Å². The SMILES string of the molecule is CC(C)CCCC(Cc1ccc(Cl)cc1Cl)NN. The van der Waals surface area contributed by atoms with E-state index in [4.69, 9.17) is 29.0 Å². The topological polar surface area (TPSA) is 38.0 Å². The first kappa shape index (κ1) is 15.8. The third-order valence-electron chi connectivity index (χ3n) is 3.05. The molecule has 0 saturated carbocycles. The Morgan fingerprint density at radius 1 is 1.22 bits per heavy atom. The molecule has 0 fully saturated rings. The summed E-state index contributed by atoms with van der Waals surface area (Å²) >= 11 is 12.0. The summed E-state index contributed by atoms with van der Waals surface area (Å²) in [5.41, 5.74) is 3.97. The van der Waals surface area contributed by atoms with E-state index in [9.17, 15) is 0 Å². The van der Waals surface area contributed by atoms with E-state index in [-0.39, 0.29) is 6.04 Å². The van der Waals surface area contributed by atoms with Gasteiger partial charge in [0.1, 0.15) is 0 Å². The molecule has 0 heterocycles. The van der Waals surface area contributed by atoms with Crippen molar-refractivity contribution in [1.29, 1.82) is 0 Å². The number of benzene rings is 1. The molecule has 3 N–H and O–H groups in total. The van der Waals surface area contributed by atoms with Crippen molar-refractivity contribution in [2.45, 2.75) is 45.6 Å². The number of nitrogens with one attached hydrogen (secondary N) is 1. The summed E-state index contributed by atoms with van der Waals surface area (Å²) in [6.07, 6.45) is 4.31. The van der Waals surface area contributed by atoms with Gasteiger partial charge in [-0.15, -0.1) is 0 Å². The Labute approximate surface area is 120 Å². The summed E-state index contributed by atoms with van der Waals surface area (Å²) in [4.78, 5) is 0. The molecule has 1 aromatic carbocycles. The zero-order valence-electron chi connectivity index (χ0n) is 11.0. The molecule has 1 rings (SSSR count). The summed E-state index contributed by atoms with van der Waals surface area (Å²) in [5.74, 6) is 6.34. The molecule has 1 atom stereocenters. The molecule has 2 nitrogen and oxygen atoms in total. The van der Waals surface area contributed by atoms with Crippen molar-refractivity contribution in [3.63, 3.8) is 0 Å². The van der Waals surface area contributed by atoms with Crippen LogP contribution in [0, 0.1) is 5.92 Å². The van der Waals surface area contributed by atoms with Crippen molar-refractivity contribution in [1.82, 2.24) is 5.43 Å². The Morgan fingerprint density at radius 3 is 2.50 bits per heavy atom. The predicted octanol–water partition coefficient (Wildman–Crippen LogP) is 4.19. The van der Waals surface area contributed by atoms with Crippen LogP contribution in [0.3, 0.4) is 0 Å². The van der Waals surface area contributed by atoms with Crippen LogP contribution in [0.2, 0.25) is 10.0 Å². The maximum absolute atomic E-state index is 6.16. The second-order valence-corrected chi connectivity index (χ2v) is 5.97. The van der Waals surface area contributed by atoms with E-state index < -0.39 is 0 Å². The Bertz CT molecular complexity index is 367. The maximum atomic E-state index is 6.16. The van der Waals surface area contributed by atoms with Crippen LogP contribution in [0.5, 0.6) is 0 Å². The van der Waals surface area contributed by atoms with Gasteiger partial charge in [0.05, 0.1) is 0 Å². The van der Waals surface area contributed by atoms with Crippen molar-refractivity contribution in [2.24, 2.45) is 11.8 Å². The smallest absolute Gasteiger partial charge is 0.0453 e. The predicted molar refractivity (Wildman–Crippen MR) is 80.0 cm³/mol. The lowest BCUT2D eigenvalue weighted by molar-refractivity contribution is 0.441. The summed E-state index contributed by atoms with van der Waals surface area (Å²) in [5, 5.41) is 1.38. The molecule has 1 unspecified atom stereocenters. The minimum atomic E-state index is 0.266. The van der Waals surface area contributed by atoms with E-state index in [1.807, 2.05) is 12.1 Å². The molecule has 0 bridgehead atoms. The first-order valence-corrected chi connectivity index (χ1v) is 7.18. The fraction of sp³-hybridized carbons (Fsp3) is 0.571. The van der Waals surface area contributed by atoms with Crippen LogP contribution in [0.15, 0.2) is 18.2 Å². The Kier molecular flexibility index (Phi) is 7.02. The highest BCUT2D eigenvalue weighted by atomic mass is 35.5. The van der Waals surface area contributed by atoms with Gasteiger partial charge in [-0.2, -0.15) is 0 Å². The monoisotopic (exact) mass is 288 g/mol. The third-order valence-corrected chi connectivity index (χ3v) is 3.64. The van der Waals surface area contributed by atoms with Crippen LogP contribution >= 0.6 is 23.2 Å². The van der Waals surface area contributed by atoms with Gasteiger partial charge in [0.25, 0.3) is 0 Å². The van der Waals surface area contributed by atoms with Crippen LogP contribution < -0.4 is 11.3 Å². The molecule has 0 amide bonds. The maximum Gasteiger partial charge on any atom is 0.0453 e. The number of halogens is 2. The van der Waals surface area contributed by atoms with Crippen molar-refractivity contribution in [3.8, 4) is 0 Å². The highest BCUT2D eigenvalue weighted by molar-refractivity contribution is 6.35. The molecule has 0 aliphatic heterocycles. The van der Waals surface area contributed by atoms with Crippen LogP contribution in [0.4, 0.5) is 0 Å². The lowest BCUT2D eigenvalue weighted by Crippen LogP contribution is -2.36. The first-order valence-electron chi connectivity index (χ1n) is 6.43. The van der Waals surface area contributed by atoms with Gasteiger partial charge in [0.15, 0.2) is 0 Å². The van der Waals surface area contributed by atoms with Crippen LogP contribution in [0.1, 0.15) is 38.7 Å². The lowest BCUT2D eigenvalue weighted by Gasteiger charge is -2.17. The Balaban J connectivity index is 2.51. The van der Waals surface area contributed by atoms with E-state index in [0.29, 0.717) is 10.0 Å². The average molecular weight is 289 g/mol. The normalized spacial score (nSPS) is 13.0. The molecule has 0 radical (unpaired) electrons. The minimum Gasteiger partial charge on any atom is -0.271 e. The van der Waals surface area contributed by atoms with Crippen molar-refractivity contribution in [3.05, 3.63) is 33.8 Å². The minimum absolute atomic E-state index is 0.266. The molecule has 4 heteroatoms. The number of rotatable bonds is 7. The van der Waals surface area contributed by atoms with Gasteiger partial charge in [-0.05, 0) is 36.5 Å². The van der Waals surface area contributed by atoms with Gasteiger partial charge in [-0.1, -0.05) is 56.0 Å². The highest BCUT2D eigenvalue weighted by Gasteiger charge is 2.10. The summed E-state index contributed by atoms with van der Waals surface area (Å²) in [6, 6.07) is 5.88. The molecule has 1 aromatic rings. The molecule has 102 valence electrons. The standard InChI is InChI=1S/C14H22Cl2N2/c1-10(2)4-3-5-13(18-17)8-11-6-7-12(15)9-14(11)16/h6-7,9-10,13,18H,3-5,8,17H2,1-2H3. The molecule has 0 aromatic heterocycles. The second kappa shape index (κ2) is 8.00. The van der Waals surface area contributed by atoms with Gasteiger partial charge in [-0.25, -0.2) is 0 Å². The second-order valence-electron chi connectivity index (χ2n) is 5.13. The van der Waals surface area contributed by atoms with E-state index in [1.54, 1.807) is 6.07 Å². The Morgan fingerprint density at radius 2 is 1.94 bits per heavy atom. The zero-order chi connectivity index (χ0) is 13.5. The fourth-order valence-electron chi connectivity index (χ4n) is 1.97. The van der Waals surface area contributed by atoms with Gasteiger partial charge >= 0.3 is 0 Å². The van der Waals surface area contributed by atoms with E-state index in [1.165, 1.54) is 12.8 Å². The molecule has 0 spiro atoms. The summed E-state index contributed by atoms with van der Waals surface area (Å²) in [6.45, 7) is 4.47. The quantitative estimate of drug-likeness (QED) is 0.583. The van der Waals surface area contributed by atoms with Gasteiger partial charge in [-0.3, -0.25) is 11.3 Å². The first-order chi connectivity index (χ1) is 8.52. The van der Waals surface area contributed by atoms with Crippen molar-refractivity contribution < 1.29 is 0 Å². The number of hydrogen-bond acceptors (Lipinski definition) is 2. The lowest BCUT2D eigenvalue weighted by atomic mass is 9.98. The summed E-state index contributed by atoms with van der Waals surface area (Å²) in [7, 11) is 0. The van der Waals surface area contributed by atoms with Crippen LogP contribution in [0.25, 0.3) is 0 Å². The molecule has 0 aliphatic rings. The number of nitrogens with two attached hydrogens (primary N) is 1. The van der Waals surface area contributed by atoms with Gasteiger partial charge in [0, 0.05) is 16.1 Å². The fourth-order valence-corrected chi connectivity index (χ4v) is 2.46. The summed E-state index contributed by atoms with van der Waals surface area (Å²) < 4.78 is 0. The average Bonchev–Trinajstić information content (AvgIpc) is 2.30. The Hall–Kier alpha value is -0.280. The zero-order valence-corrected chi connectivity index (χ0v) is 12.6. The third kappa shape index (κ3) is 5.57. The van der Waals surface area contributed by atoms with Gasteiger partial charge < -0.3 is 0 Å². The van der Waals surface area contributed by atoms with Gasteiger partial charge in [0.2, 0.25) is 0 Å². The molecular formula is C14H22Cl2N2. The van der Waals surface area contributed by atoms with Crippen molar-refractivity contribution in [2.75, 3.05) is 0 Å².